The second-order valence-corrected chi connectivity index (χ2v) is 5.34. The van der Waals surface area contributed by atoms with Crippen molar-refractivity contribution in [2.24, 2.45) is 0 Å². The monoisotopic (exact) mass is 295 g/mol. The molecule has 0 atom stereocenters. The molecule has 3 aromatic rings. The number of nitrogens with zero attached hydrogens (tertiary/aromatic N) is 1. The van der Waals surface area contributed by atoms with Crippen molar-refractivity contribution in [2.75, 3.05) is 11.9 Å². The van der Waals surface area contributed by atoms with E-state index in [1.54, 1.807) is 36.2 Å². The number of hydrogen-bond acceptors (Lipinski definition) is 1. The highest BCUT2D eigenvalue weighted by Gasteiger charge is 2.13. The lowest BCUT2D eigenvalue weighted by Gasteiger charge is -2.18. The Morgan fingerprint density at radius 3 is 2.29 bits per heavy atom. The molecule has 3 rings (SSSR count). The molecule has 0 spiro atoms. The van der Waals surface area contributed by atoms with E-state index in [0.29, 0.717) is 10.6 Å². The van der Waals surface area contributed by atoms with Crippen molar-refractivity contribution in [3.8, 4) is 0 Å². The lowest BCUT2D eigenvalue weighted by Crippen LogP contribution is -2.26. The van der Waals surface area contributed by atoms with E-state index < -0.39 is 0 Å². The number of carbonyl (C=O) groups excluding carboxylic acids is 1. The van der Waals surface area contributed by atoms with E-state index >= 15 is 0 Å². The highest BCUT2D eigenvalue weighted by molar-refractivity contribution is 6.30. The predicted molar refractivity (Wildman–Crippen MR) is 88.1 cm³/mol. The molecule has 3 heteroatoms. The van der Waals surface area contributed by atoms with E-state index in [-0.39, 0.29) is 5.91 Å². The lowest BCUT2D eigenvalue weighted by molar-refractivity contribution is 0.0993. The smallest absolute Gasteiger partial charge is 0.258 e. The van der Waals surface area contributed by atoms with E-state index in [4.69, 9.17) is 11.6 Å². The average Bonchev–Trinajstić information content (AvgIpc) is 2.54. The van der Waals surface area contributed by atoms with Crippen LogP contribution in [0.2, 0.25) is 5.02 Å². The Labute approximate surface area is 128 Å². The molecule has 0 aliphatic carbocycles. The summed E-state index contributed by atoms with van der Waals surface area (Å²) in [6.07, 6.45) is 0. The molecule has 0 saturated heterocycles. The predicted octanol–water partition coefficient (Wildman–Crippen LogP) is 4.77. The van der Waals surface area contributed by atoms with Gasteiger partial charge >= 0.3 is 0 Å². The third-order valence-corrected chi connectivity index (χ3v) is 3.77. The Kier molecular flexibility index (Phi) is 3.63. The first-order valence-corrected chi connectivity index (χ1v) is 7.05. The molecule has 0 aliphatic heterocycles. The molecule has 104 valence electrons. The Balaban J connectivity index is 1.93. The Hall–Kier alpha value is -2.32. The number of anilines is 1. The summed E-state index contributed by atoms with van der Waals surface area (Å²) in [5.74, 6) is -0.0538. The van der Waals surface area contributed by atoms with E-state index in [1.807, 2.05) is 36.4 Å². The van der Waals surface area contributed by atoms with Gasteiger partial charge in [0, 0.05) is 23.3 Å². The molecule has 0 radical (unpaired) electrons. The Morgan fingerprint density at radius 2 is 1.57 bits per heavy atom. The lowest BCUT2D eigenvalue weighted by atomic mass is 10.1. The van der Waals surface area contributed by atoms with Crippen LogP contribution < -0.4 is 4.90 Å². The van der Waals surface area contributed by atoms with Crippen LogP contribution in [-0.2, 0) is 0 Å². The number of benzene rings is 3. The quantitative estimate of drug-likeness (QED) is 0.667. The van der Waals surface area contributed by atoms with Crippen LogP contribution in [0.5, 0.6) is 0 Å². The summed E-state index contributed by atoms with van der Waals surface area (Å²) in [6, 6.07) is 21.0. The number of halogens is 1. The largest absolute Gasteiger partial charge is 0.311 e. The van der Waals surface area contributed by atoms with E-state index in [1.165, 1.54) is 0 Å². The Morgan fingerprint density at radius 1 is 0.905 bits per heavy atom. The maximum Gasteiger partial charge on any atom is 0.258 e. The van der Waals surface area contributed by atoms with Crippen LogP contribution in [0.1, 0.15) is 10.4 Å². The van der Waals surface area contributed by atoms with Crippen LogP contribution in [0, 0.1) is 0 Å². The molecule has 0 N–H and O–H groups in total. The number of carbonyl (C=O) groups is 1. The molecular weight excluding hydrogens is 282 g/mol. The molecule has 21 heavy (non-hydrogen) atoms. The first kappa shape index (κ1) is 13.7. The van der Waals surface area contributed by atoms with Crippen molar-refractivity contribution < 1.29 is 4.79 Å². The van der Waals surface area contributed by atoms with Crippen LogP contribution in [0.3, 0.4) is 0 Å². The molecule has 0 aliphatic rings. The van der Waals surface area contributed by atoms with Gasteiger partial charge in [-0.25, -0.2) is 0 Å². The average molecular weight is 296 g/mol. The van der Waals surface area contributed by atoms with E-state index in [2.05, 4.69) is 6.07 Å². The zero-order chi connectivity index (χ0) is 14.8. The summed E-state index contributed by atoms with van der Waals surface area (Å²) in [4.78, 5) is 14.1. The third-order valence-electron chi connectivity index (χ3n) is 3.52. The minimum absolute atomic E-state index is 0.0538. The summed E-state index contributed by atoms with van der Waals surface area (Å²) >= 11 is 5.85. The first-order valence-electron chi connectivity index (χ1n) is 6.67. The zero-order valence-electron chi connectivity index (χ0n) is 11.6. The van der Waals surface area contributed by atoms with Gasteiger partial charge in [0.2, 0.25) is 0 Å². The van der Waals surface area contributed by atoms with Crippen LogP contribution in [-0.4, -0.2) is 13.0 Å². The molecule has 0 saturated carbocycles. The minimum atomic E-state index is -0.0538. The van der Waals surface area contributed by atoms with E-state index in [0.717, 1.165) is 16.5 Å². The van der Waals surface area contributed by atoms with Gasteiger partial charge < -0.3 is 4.90 Å². The van der Waals surface area contributed by atoms with Crippen molar-refractivity contribution in [1.29, 1.82) is 0 Å². The van der Waals surface area contributed by atoms with Gasteiger partial charge in [-0.1, -0.05) is 41.9 Å². The number of rotatable bonds is 2. The maximum absolute atomic E-state index is 12.5. The second-order valence-electron chi connectivity index (χ2n) is 4.90. The van der Waals surface area contributed by atoms with Crippen molar-refractivity contribution in [3.05, 3.63) is 77.3 Å². The molecule has 2 nitrogen and oxygen atoms in total. The maximum atomic E-state index is 12.5. The van der Waals surface area contributed by atoms with E-state index in [9.17, 15) is 4.79 Å². The molecule has 3 aromatic carbocycles. The van der Waals surface area contributed by atoms with Gasteiger partial charge in [-0.05, 0) is 47.2 Å². The van der Waals surface area contributed by atoms with Gasteiger partial charge in [0.05, 0.1) is 0 Å². The molecule has 0 aromatic heterocycles. The molecule has 0 unspecified atom stereocenters. The first-order chi connectivity index (χ1) is 10.1. The SMILES string of the molecule is CN(C(=O)c1ccc(Cl)cc1)c1ccc2ccccc2c1. The molecule has 0 fully saturated rings. The molecular formula is C18H14ClNO. The Bertz CT molecular complexity index is 796. The van der Waals surface area contributed by atoms with Crippen molar-refractivity contribution in [2.45, 2.75) is 0 Å². The van der Waals surface area contributed by atoms with Gasteiger partial charge in [0.15, 0.2) is 0 Å². The fourth-order valence-electron chi connectivity index (χ4n) is 2.29. The topological polar surface area (TPSA) is 20.3 Å². The van der Waals surface area contributed by atoms with Gasteiger partial charge in [-0.2, -0.15) is 0 Å². The van der Waals surface area contributed by atoms with Crippen molar-refractivity contribution in [3.63, 3.8) is 0 Å². The van der Waals surface area contributed by atoms with Gasteiger partial charge in [-0.3, -0.25) is 4.79 Å². The molecule has 1 amide bonds. The highest BCUT2D eigenvalue weighted by atomic mass is 35.5. The molecule has 0 bridgehead atoms. The number of amides is 1. The summed E-state index contributed by atoms with van der Waals surface area (Å²) in [5.41, 5.74) is 1.49. The third kappa shape index (κ3) is 2.76. The summed E-state index contributed by atoms with van der Waals surface area (Å²) in [7, 11) is 1.78. The van der Waals surface area contributed by atoms with Crippen molar-refractivity contribution >= 4 is 34.0 Å². The highest BCUT2D eigenvalue weighted by Crippen LogP contribution is 2.22. The number of fused-ring (bicyclic) bond motifs is 1. The summed E-state index contributed by atoms with van der Waals surface area (Å²) in [5, 5.41) is 2.90. The molecule has 0 heterocycles. The van der Waals surface area contributed by atoms with Gasteiger partial charge in [-0.15, -0.1) is 0 Å². The minimum Gasteiger partial charge on any atom is -0.311 e. The fraction of sp³-hybridized carbons (Fsp3) is 0.0556. The number of hydrogen-bond donors (Lipinski definition) is 0. The summed E-state index contributed by atoms with van der Waals surface area (Å²) < 4.78 is 0. The van der Waals surface area contributed by atoms with Crippen molar-refractivity contribution in [1.82, 2.24) is 0 Å². The van der Waals surface area contributed by atoms with Crippen LogP contribution in [0.4, 0.5) is 5.69 Å². The second kappa shape index (κ2) is 5.58. The fourth-order valence-corrected chi connectivity index (χ4v) is 2.41. The normalized spacial score (nSPS) is 10.6. The van der Waals surface area contributed by atoms with Gasteiger partial charge in [0.25, 0.3) is 5.91 Å². The van der Waals surface area contributed by atoms with Gasteiger partial charge in [0.1, 0.15) is 0 Å². The standard InChI is InChI=1S/C18H14ClNO/c1-20(18(21)14-6-9-16(19)10-7-14)17-11-8-13-4-2-3-5-15(13)12-17/h2-12H,1H3. The van der Waals surface area contributed by atoms with Crippen LogP contribution >= 0.6 is 11.6 Å². The van der Waals surface area contributed by atoms with Crippen LogP contribution in [0.25, 0.3) is 10.8 Å². The summed E-state index contributed by atoms with van der Waals surface area (Å²) in [6.45, 7) is 0. The van der Waals surface area contributed by atoms with Crippen LogP contribution in [0.15, 0.2) is 66.7 Å². The zero-order valence-corrected chi connectivity index (χ0v) is 12.3.